The molecule has 4 heteroatoms. The van der Waals surface area contributed by atoms with Gasteiger partial charge in [0.15, 0.2) is 0 Å². The Kier molecular flexibility index (Phi) is 6.50. The van der Waals surface area contributed by atoms with Gasteiger partial charge in [0.2, 0.25) is 5.91 Å². The third-order valence-electron chi connectivity index (χ3n) is 2.65. The second kappa shape index (κ2) is 7.89. The maximum absolute atomic E-state index is 13.0. The quantitative estimate of drug-likeness (QED) is 0.711. The van der Waals surface area contributed by atoms with Crippen LogP contribution in [0.1, 0.15) is 25.8 Å². The van der Waals surface area contributed by atoms with Crippen LogP contribution >= 0.6 is 0 Å². The summed E-state index contributed by atoms with van der Waals surface area (Å²) in [5.74, 6) is 0.201. The van der Waals surface area contributed by atoms with Gasteiger partial charge in [-0.3, -0.25) is 4.79 Å². The molecule has 0 aliphatic carbocycles. The second-order valence-corrected chi connectivity index (χ2v) is 5.10. The van der Waals surface area contributed by atoms with E-state index < -0.39 is 0 Å². The standard InChI is InChI=1S/C15H22FNO2/c1-12(2)11-19-8-7-15(18)17(3)10-13-5-4-6-14(16)9-13/h4-6,9,12H,7-8,10-11H2,1-3H3. The summed E-state index contributed by atoms with van der Waals surface area (Å²) in [4.78, 5) is 13.4. The fourth-order valence-electron chi connectivity index (χ4n) is 1.67. The van der Waals surface area contributed by atoms with Crippen molar-refractivity contribution >= 4 is 5.91 Å². The first kappa shape index (κ1) is 15.6. The lowest BCUT2D eigenvalue weighted by atomic mass is 10.2. The van der Waals surface area contributed by atoms with E-state index >= 15 is 0 Å². The summed E-state index contributed by atoms with van der Waals surface area (Å²) in [6.07, 6.45) is 0.360. The number of amides is 1. The molecule has 1 aromatic rings. The van der Waals surface area contributed by atoms with Gasteiger partial charge in [-0.2, -0.15) is 0 Å². The van der Waals surface area contributed by atoms with E-state index in [4.69, 9.17) is 4.74 Å². The molecule has 0 saturated carbocycles. The van der Waals surface area contributed by atoms with Crippen molar-refractivity contribution in [3.8, 4) is 0 Å². The molecule has 0 unspecified atom stereocenters. The summed E-state index contributed by atoms with van der Waals surface area (Å²) in [5.41, 5.74) is 0.791. The summed E-state index contributed by atoms with van der Waals surface area (Å²) < 4.78 is 18.4. The Hall–Kier alpha value is -1.42. The Balaban J connectivity index is 2.32. The van der Waals surface area contributed by atoms with Gasteiger partial charge in [0.05, 0.1) is 13.0 Å². The maximum atomic E-state index is 13.0. The first-order chi connectivity index (χ1) is 8.99. The zero-order valence-corrected chi connectivity index (χ0v) is 11.9. The van der Waals surface area contributed by atoms with Gasteiger partial charge in [0, 0.05) is 20.2 Å². The third-order valence-corrected chi connectivity index (χ3v) is 2.65. The Bertz CT molecular complexity index is 407. The second-order valence-electron chi connectivity index (χ2n) is 5.10. The van der Waals surface area contributed by atoms with Crippen molar-refractivity contribution in [2.75, 3.05) is 20.3 Å². The van der Waals surface area contributed by atoms with Crippen LogP contribution in [0.5, 0.6) is 0 Å². The molecular weight excluding hydrogens is 245 g/mol. The van der Waals surface area contributed by atoms with Crippen molar-refractivity contribution in [2.24, 2.45) is 5.92 Å². The highest BCUT2D eigenvalue weighted by molar-refractivity contribution is 5.75. The van der Waals surface area contributed by atoms with Crippen LogP contribution in [0.4, 0.5) is 4.39 Å². The minimum Gasteiger partial charge on any atom is -0.381 e. The van der Waals surface area contributed by atoms with Crippen molar-refractivity contribution < 1.29 is 13.9 Å². The lowest BCUT2D eigenvalue weighted by Crippen LogP contribution is -2.27. The molecule has 0 aromatic heterocycles. The first-order valence-electron chi connectivity index (χ1n) is 6.55. The van der Waals surface area contributed by atoms with Gasteiger partial charge in [0.1, 0.15) is 5.82 Å². The van der Waals surface area contributed by atoms with Gasteiger partial charge in [0.25, 0.3) is 0 Å². The Labute approximate surface area is 114 Å². The summed E-state index contributed by atoms with van der Waals surface area (Å²) in [5, 5.41) is 0. The number of carbonyl (C=O) groups excluding carboxylic acids is 1. The normalized spacial score (nSPS) is 10.8. The summed E-state index contributed by atoms with van der Waals surface area (Å²) in [7, 11) is 1.72. The zero-order chi connectivity index (χ0) is 14.3. The fraction of sp³-hybridized carbons (Fsp3) is 0.533. The fourth-order valence-corrected chi connectivity index (χ4v) is 1.67. The molecule has 1 rings (SSSR count). The van der Waals surface area contributed by atoms with Gasteiger partial charge in [-0.15, -0.1) is 0 Å². The largest absolute Gasteiger partial charge is 0.381 e. The van der Waals surface area contributed by atoms with E-state index in [1.807, 2.05) is 6.07 Å². The summed E-state index contributed by atoms with van der Waals surface area (Å²) >= 11 is 0. The van der Waals surface area contributed by atoms with E-state index in [0.29, 0.717) is 32.1 Å². The average molecular weight is 267 g/mol. The molecule has 0 fully saturated rings. The molecule has 1 amide bonds. The highest BCUT2D eigenvalue weighted by Gasteiger charge is 2.09. The van der Waals surface area contributed by atoms with Gasteiger partial charge >= 0.3 is 0 Å². The minimum atomic E-state index is -0.279. The average Bonchev–Trinajstić information content (AvgIpc) is 2.34. The van der Waals surface area contributed by atoms with Gasteiger partial charge in [-0.1, -0.05) is 26.0 Å². The van der Waals surface area contributed by atoms with Crippen LogP contribution in [0.3, 0.4) is 0 Å². The summed E-state index contributed by atoms with van der Waals surface area (Å²) in [6, 6.07) is 6.29. The number of hydrogen-bond acceptors (Lipinski definition) is 2. The Morgan fingerprint density at radius 2 is 2.16 bits per heavy atom. The van der Waals surface area contributed by atoms with Crippen LogP contribution in [0.25, 0.3) is 0 Å². The number of nitrogens with zero attached hydrogens (tertiary/aromatic N) is 1. The minimum absolute atomic E-state index is 0.00742. The van der Waals surface area contributed by atoms with Crippen LogP contribution in [-0.4, -0.2) is 31.1 Å². The molecule has 0 N–H and O–H groups in total. The highest BCUT2D eigenvalue weighted by atomic mass is 19.1. The Morgan fingerprint density at radius 1 is 1.42 bits per heavy atom. The van der Waals surface area contributed by atoms with Gasteiger partial charge in [-0.05, 0) is 23.6 Å². The van der Waals surface area contributed by atoms with E-state index in [2.05, 4.69) is 13.8 Å². The van der Waals surface area contributed by atoms with Crippen molar-refractivity contribution in [2.45, 2.75) is 26.8 Å². The molecule has 0 aliphatic heterocycles. The van der Waals surface area contributed by atoms with Crippen LogP contribution in [-0.2, 0) is 16.1 Å². The number of ether oxygens (including phenoxy) is 1. The van der Waals surface area contributed by atoms with Crippen LogP contribution in [0.15, 0.2) is 24.3 Å². The molecular formula is C15H22FNO2. The highest BCUT2D eigenvalue weighted by Crippen LogP contribution is 2.07. The zero-order valence-electron chi connectivity index (χ0n) is 11.9. The van der Waals surface area contributed by atoms with Crippen LogP contribution in [0, 0.1) is 11.7 Å². The molecule has 0 saturated heterocycles. The van der Waals surface area contributed by atoms with Crippen molar-refractivity contribution in [1.82, 2.24) is 4.90 Å². The molecule has 0 aliphatic rings. The van der Waals surface area contributed by atoms with Crippen molar-refractivity contribution in [3.63, 3.8) is 0 Å². The molecule has 19 heavy (non-hydrogen) atoms. The molecule has 0 bridgehead atoms. The number of halogens is 1. The van der Waals surface area contributed by atoms with Gasteiger partial charge < -0.3 is 9.64 Å². The van der Waals surface area contributed by atoms with Crippen molar-refractivity contribution in [3.05, 3.63) is 35.6 Å². The molecule has 106 valence electrons. The molecule has 0 radical (unpaired) electrons. The lowest BCUT2D eigenvalue weighted by molar-refractivity contribution is -0.131. The van der Waals surface area contributed by atoms with Gasteiger partial charge in [-0.25, -0.2) is 4.39 Å². The lowest BCUT2D eigenvalue weighted by Gasteiger charge is -2.17. The predicted octanol–water partition coefficient (Wildman–Crippen LogP) is 2.85. The molecule has 0 atom stereocenters. The molecule has 0 spiro atoms. The number of carbonyl (C=O) groups is 1. The number of hydrogen-bond donors (Lipinski definition) is 0. The molecule has 0 heterocycles. The van der Waals surface area contributed by atoms with E-state index in [9.17, 15) is 9.18 Å². The monoisotopic (exact) mass is 267 g/mol. The molecule has 1 aromatic carbocycles. The van der Waals surface area contributed by atoms with E-state index in [0.717, 1.165) is 5.56 Å². The Morgan fingerprint density at radius 3 is 2.79 bits per heavy atom. The maximum Gasteiger partial charge on any atom is 0.224 e. The molecule has 3 nitrogen and oxygen atoms in total. The number of rotatable bonds is 7. The van der Waals surface area contributed by atoms with Crippen LogP contribution < -0.4 is 0 Å². The van der Waals surface area contributed by atoms with E-state index in [1.165, 1.54) is 12.1 Å². The third kappa shape index (κ3) is 6.34. The SMILES string of the molecule is CC(C)COCCC(=O)N(C)Cc1cccc(F)c1. The van der Waals surface area contributed by atoms with Crippen LogP contribution in [0.2, 0.25) is 0 Å². The number of benzene rings is 1. The predicted molar refractivity (Wildman–Crippen MR) is 73.1 cm³/mol. The van der Waals surface area contributed by atoms with Crippen molar-refractivity contribution in [1.29, 1.82) is 0 Å². The topological polar surface area (TPSA) is 29.5 Å². The van der Waals surface area contributed by atoms with E-state index in [1.54, 1.807) is 18.0 Å². The smallest absolute Gasteiger partial charge is 0.224 e. The summed E-state index contributed by atoms with van der Waals surface area (Å²) in [6.45, 7) is 5.65. The van der Waals surface area contributed by atoms with E-state index in [-0.39, 0.29) is 11.7 Å². The first-order valence-corrected chi connectivity index (χ1v) is 6.55.